The van der Waals surface area contributed by atoms with Gasteiger partial charge in [0, 0.05) is 19.3 Å². The van der Waals surface area contributed by atoms with E-state index in [9.17, 15) is 18.0 Å². The van der Waals surface area contributed by atoms with Gasteiger partial charge in [0.25, 0.3) is 5.56 Å². The van der Waals surface area contributed by atoms with Gasteiger partial charge in [0.2, 0.25) is 0 Å². The molecule has 7 heteroatoms. The third kappa shape index (κ3) is 4.59. The molecule has 0 aliphatic heterocycles. The molecule has 0 aliphatic carbocycles. The van der Waals surface area contributed by atoms with Crippen LogP contribution < -0.4 is 5.56 Å². The molecule has 4 nitrogen and oxygen atoms in total. The van der Waals surface area contributed by atoms with E-state index in [1.165, 1.54) is 22.9 Å². The maximum atomic E-state index is 11.8. The van der Waals surface area contributed by atoms with Crippen molar-refractivity contribution < 1.29 is 17.9 Å². The van der Waals surface area contributed by atoms with Crippen LogP contribution in [-0.2, 0) is 11.3 Å². The Hall–Kier alpha value is -1.81. The Bertz CT molecular complexity index is 488. The fourth-order valence-electron chi connectivity index (χ4n) is 1.32. The summed E-state index contributed by atoms with van der Waals surface area (Å²) in [5.41, 5.74) is -0.440. The molecule has 1 heterocycles. The van der Waals surface area contributed by atoms with Gasteiger partial charge >= 0.3 is 6.18 Å². The number of alkyl halides is 3. The van der Waals surface area contributed by atoms with Gasteiger partial charge < -0.3 is 9.30 Å². The molecule has 1 aromatic rings. The Morgan fingerprint density at radius 3 is 2.78 bits per heavy atom. The van der Waals surface area contributed by atoms with E-state index in [4.69, 9.17) is 5.26 Å². The Kier molecular flexibility index (Phi) is 4.92. The minimum Gasteiger partial charge on any atom is -0.372 e. The lowest BCUT2D eigenvalue weighted by Gasteiger charge is -2.08. The predicted octanol–water partition coefficient (Wildman–Crippen LogP) is 1.69. The van der Waals surface area contributed by atoms with E-state index in [0.29, 0.717) is 0 Å². The van der Waals surface area contributed by atoms with E-state index in [1.807, 2.05) is 0 Å². The van der Waals surface area contributed by atoms with Crippen LogP contribution in [0.25, 0.3) is 0 Å². The molecule has 1 aromatic heterocycles. The number of halogens is 3. The maximum absolute atomic E-state index is 11.8. The van der Waals surface area contributed by atoms with Crippen LogP contribution in [0.5, 0.6) is 0 Å². The first kappa shape index (κ1) is 14.3. The molecule has 0 saturated heterocycles. The van der Waals surface area contributed by atoms with Crippen LogP contribution in [0.1, 0.15) is 12.0 Å². The quantitative estimate of drug-likeness (QED) is 0.757. The van der Waals surface area contributed by atoms with Crippen molar-refractivity contribution >= 4 is 0 Å². The number of ether oxygens (including phenoxy) is 1. The van der Waals surface area contributed by atoms with Gasteiger partial charge in [0.1, 0.15) is 18.2 Å². The Morgan fingerprint density at radius 2 is 2.17 bits per heavy atom. The second-order valence-corrected chi connectivity index (χ2v) is 3.55. The average Bonchev–Trinajstić information content (AvgIpc) is 2.29. The summed E-state index contributed by atoms with van der Waals surface area (Å²) in [7, 11) is 0. The normalized spacial score (nSPS) is 11.2. The van der Waals surface area contributed by atoms with Gasteiger partial charge in [-0.15, -0.1) is 0 Å². The van der Waals surface area contributed by atoms with Crippen molar-refractivity contribution in [2.24, 2.45) is 0 Å². The largest absolute Gasteiger partial charge is 0.411 e. The number of pyridine rings is 1. The third-order valence-electron chi connectivity index (χ3n) is 2.09. The van der Waals surface area contributed by atoms with Crippen molar-refractivity contribution in [3.8, 4) is 6.07 Å². The molecule has 0 bridgehead atoms. The van der Waals surface area contributed by atoms with Crippen molar-refractivity contribution in [1.82, 2.24) is 4.57 Å². The lowest BCUT2D eigenvalue weighted by molar-refractivity contribution is -0.174. The van der Waals surface area contributed by atoms with Gasteiger partial charge in [-0.3, -0.25) is 4.79 Å². The van der Waals surface area contributed by atoms with Crippen LogP contribution in [0.2, 0.25) is 0 Å². The average molecular weight is 260 g/mol. The molecule has 1 rings (SSSR count). The number of aryl methyl sites for hydroxylation is 1. The monoisotopic (exact) mass is 260 g/mol. The fourth-order valence-corrected chi connectivity index (χ4v) is 1.32. The van der Waals surface area contributed by atoms with E-state index >= 15 is 0 Å². The summed E-state index contributed by atoms with van der Waals surface area (Å²) in [5.74, 6) is 0. The molecule has 0 aromatic carbocycles. The van der Waals surface area contributed by atoms with Crippen molar-refractivity contribution in [2.75, 3.05) is 13.2 Å². The van der Waals surface area contributed by atoms with Gasteiger partial charge in [0.05, 0.1) is 0 Å². The Labute approximate surface area is 101 Å². The Balaban J connectivity index is 2.41. The lowest BCUT2D eigenvalue weighted by Crippen LogP contribution is -2.23. The van der Waals surface area contributed by atoms with Gasteiger partial charge in [-0.1, -0.05) is 0 Å². The molecule has 0 radical (unpaired) electrons. The molecule has 0 atom stereocenters. The van der Waals surface area contributed by atoms with Gasteiger partial charge in [-0.2, -0.15) is 18.4 Å². The second kappa shape index (κ2) is 6.21. The molecule has 98 valence electrons. The number of aromatic nitrogens is 1. The molecule has 0 fully saturated rings. The molecular weight excluding hydrogens is 249 g/mol. The minimum atomic E-state index is -4.34. The standard InChI is InChI=1S/C11H11F3N2O2/c12-11(13,14)8-18-6-2-5-16-4-1-3-9(7-15)10(16)17/h1,3-4H,2,5-6,8H2. The highest BCUT2D eigenvalue weighted by Crippen LogP contribution is 2.14. The second-order valence-electron chi connectivity index (χ2n) is 3.55. The van der Waals surface area contributed by atoms with Crippen LogP contribution in [0, 0.1) is 11.3 Å². The van der Waals surface area contributed by atoms with Gasteiger partial charge in [-0.05, 0) is 18.6 Å². The number of rotatable bonds is 5. The molecule has 0 saturated carbocycles. The zero-order valence-electron chi connectivity index (χ0n) is 9.41. The first-order valence-electron chi connectivity index (χ1n) is 5.18. The highest BCUT2D eigenvalue weighted by molar-refractivity contribution is 5.24. The molecule has 0 spiro atoms. The zero-order valence-corrected chi connectivity index (χ0v) is 9.41. The lowest BCUT2D eigenvalue weighted by atomic mass is 10.3. The first-order valence-corrected chi connectivity index (χ1v) is 5.18. The first-order chi connectivity index (χ1) is 8.44. The van der Waals surface area contributed by atoms with Crippen molar-refractivity contribution in [3.05, 3.63) is 34.2 Å². The summed E-state index contributed by atoms with van der Waals surface area (Å²) in [6.07, 6.45) is -2.59. The summed E-state index contributed by atoms with van der Waals surface area (Å²) < 4.78 is 40.9. The molecule has 0 unspecified atom stereocenters. The summed E-state index contributed by atoms with van der Waals surface area (Å²) >= 11 is 0. The van der Waals surface area contributed by atoms with E-state index in [-0.39, 0.29) is 25.1 Å². The van der Waals surface area contributed by atoms with E-state index in [1.54, 1.807) is 6.07 Å². The van der Waals surface area contributed by atoms with Crippen LogP contribution >= 0.6 is 0 Å². The summed E-state index contributed by atoms with van der Waals surface area (Å²) in [4.78, 5) is 11.5. The summed E-state index contributed by atoms with van der Waals surface area (Å²) in [6.45, 7) is -1.17. The molecule has 0 N–H and O–H groups in total. The SMILES string of the molecule is N#Cc1cccn(CCCOCC(F)(F)F)c1=O. The van der Waals surface area contributed by atoms with Crippen LogP contribution in [-0.4, -0.2) is 24.0 Å². The minimum absolute atomic E-state index is 0.00806. The van der Waals surface area contributed by atoms with Gasteiger partial charge in [0.15, 0.2) is 0 Å². The van der Waals surface area contributed by atoms with Crippen molar-refractivity contribution in [3.63, 3.8) is 0 Å². The predicted molar refractivity (Wildman–Crippen MR) is 56.9 cm³/mol. The molecule has 18 heavy (non-hydrogen) atoms. The fraction of sp³-hybridized carbons (Fsp3) is 0.455. The number of nitrogens with zero attached hydrogens (tertiary/aromatic N) is 2. The summed E-state index contributed by atoms with van der Waals surface area (Å²) in [6, 6.07) is 4.67. The third-order valence-corrected chi connectivity index (χ3v) is 2.09. The maximum Gasteiger partial charge on any atom is 0.411 e. The molecule has 0 amide bonds. The highest BCUT2D eigenvalue weighted by atomic mass is 19.4. The smallest absolute Gasteiger partial charge is 0.372 e. The van der Waals surface area contributed by atoms with Gasteiger partial charge in [-0.25, -0.2) is 0 Å². The van der Waals surface area contributed by atoms with Crippen molar-refractivity contribution in [2.45, 2.75) is 19.1 Å². The highest BCUT2D eigenvalue weighted by Gasteiger charge is 2.27. The van der Waals surface area contributed by atoms with Crippen molar-refractivity contribution in [1.29, 1.82) is 5.26 Å². The molecular formula is C11H11F3N2O2. The van der Waals surface area contributed by atoms with Crippen LogP contribution in [0.4, 0.5) is 13.2 Å². The van der Waals surface area contributed by atoms with E-state index < -0.39 is 18.3 Å². The Morgan fingerprint density at radius 1 is 1.44 bits per heavy atom. The zero-order chi connectivity index (χ0) is 13.6. The summed E-state index contributed by atoms with van der Waals surface area (Å²) in [5, 5.41) is 8.63. The number of hydrogen-bond acceptors (Lipinski definition) is 3. The number of nitriles is 1. The molecule has 0 aliphatic rings. The van der Waals surface area contributed by atoms with Crippen LogP contribution in [0.15, 0.2) is 23.1 Å². The van der Waals surface area contributed by atoms with E-state index in [2.05, 4.69) is 4.74 Å². The number of hydrogen-bond donors (Lipinski definition) is 0. The van der Waals surface area contributed by atoms with Crippen LogP contribution in [0.3, 0.4) is 0 Å². The topological polar surface area (TPSA) is 55.0 Å². The van der Waals surface area contributed by atoms with E-state index in [0.717, 1.165) is 0 Å².